The topological polar surface area (TPSA) is 66.4 Å². The van der Waals surface area contributed by atoms with Crippen molar-refractivity contribution in [2.75, 3.05) is 5.32 Å². The van der Waals surface area contributed by atoms with Gasteiger partial charge in [-0.05, 0) is 17.7 Å². The molecule has 82 valence electrons. The quantitative estimate of drug-likeness (QED) is 0.796. The number of carboxylic acid groups (broad SMARTS) is 1. The highest BCUT2D eigenvalue weighted by atomic mass is 16.4. The maximum Gasteiger partial charge on any atom is 0.307 e. The monoisotopic (exact) mass is 209 g/mol. The van der Waals surface area contributed by atoms with Gasteiger partial charge >= 0.3 is 5.97 Å². The molecule has 1 amide bonds. The Kier molecular flexibility index (Phi) is 3.85. The molecule has 0 spiro atoms. The number of amides is 1. The van der Waals surface area contributed by atoms with E-state index < -0.39 is 5.97 Å². The molecule has 0 aromatic heterocycles. The SMILES string of the molecule is CCC(=O)Nc1ccc(CC(=O)O)cc1.[HH]. The summed E-state index contributed by atoms with van der Waals surface area (Å²) in [5.74, 6) is -0.915. The minimum atomic E-state index is -0.861. The van der Waals surface area contributed by atoms with E-state index in [-0.39, 0.29) is 13.8 Å². The van der Waals surface area contributed by atoms with Gasteiger partial charge in [-0.3, -0.25) is 9.59 Å². The lowest BCUT2D eigenvalue weighted by Gasteiger charge is -2.03. The fourth-order valence-corrected chi connectivity index (χ4v) is 1.13. The van der Waals surface area contributed by atoms with E-state index in [0.717, 1.165) is 5.56 Å². The number of rotatable bonds is 4. The molecule has 0 saturated carbocycles. The molecule has 0 aliphatic rings. The van der Waals surface area contributed by atoms with E-state index in [0.29, 0.717) is 12.1 Å². The number of carbonyl (C=O) groups is 2. The first kappa shape index (κ1) is 11.2. The maximum atomic E-state index is 11.0. The molecule has 15 heavy (non-hydrogen) atoms. The van der Waals surface area contributed by atoms with Crippen molar-refractivity contribution in [1.82, 2.24) is 0 Å². The highest BCUT2D eigenvalue weighted by molar-refractivity contribution is 5.90. The Hall–Kier alpha value is -1.84. The molecule has 1 aromatic carbocycles. The molecule has 0 aliphatic carbocycles. The molecular weight excluding hydrogens is 194 g/mol. The normalized spacial score (nSPS) is 9.67. The van der Waals surface area contributed by atoms with Gasteiger partial charge in [0.25, 0.3) is 0 Å². The average Bonchev–Trinajstić information content (AvgIpc) is 2.20. The molecule has 4 nitrogen and oxygen atoms in total. The van der Waals surface area contributed by atoms with Crippen LogP contribution in [-0.4, -0.2) is 17.0 Å². The molecule has 0 radical (unpaired) electrons. The van der Waals surface area contributed by atoms with Crippen LogP contribution in [0.25, 0.3) is 0 Å². The second-order valence-electron chi connectivity index (χ2n) is 3.17. The molecule has 0 unspecified atom stereocenters. The molecule has 0 heterocycles. The summed E-state index contributed by atoms with van der Waals surface area (Å²) < 4.78 is 0. The number of nitrogens with one attached hydrogen (secondary N) is 1. The zero-order valence-electron chi connectivity index (χ0n) is 8.49. The van der Waals surface area contributed by atoms with Crippen molar-refractivity contribution in [1.29, 1.82) is 0 Å². The van der Waals surface area contributed by atoms with Crippen LogP contribution in [-0.2, 0) is 16.0 Å². The van der Waals surface area contributed by atoms with Crippen LogP contribution in [0, 0.1) is 0 Å². The van der Waals surface area contributed by atoms with Crippen molar-refractivity contribution >= 4 is 17.6 Å². The van der Waals surface area contributed by atoms with Crippen LogP contribution in [0.15, 0.2) is 24.3 Å². The minimum Gasteiger partial charge on any atom is -0.481 e. The summed E-state index contributed by atoms with van der Waals surface area (Å²) in [5, 5.41) is 11.2. The number of aliphatic carboxylic acids is 1. The highest BCUT2D eigenvalue weighted by Gasteiger charge is 2.01. The van der Waals surface area contributed by atoms with Crippen molar-refractivity contribution in [3.63, 3.8) is 0 Å². The molecule has 0 fully saturated rings. The molecule has 4 heteroatoms. The van der Waals surface area contributed by atoms with Gasteiger partial charge in [0.15, 0.2) is 0 Å². The fourth-order valence-electron chi connectivity index (χ4n) is 1.13. The van der Waals surface area contributed by atoms with Crippen molar-refractivity contribution in [3.8, 4) is 0 Å². The van der Waals surface area contributed by atoms with Crippen LogP contribution in [0.4, 0.5) is 5.69 Å². The van der Waals surface area contributed by atoms with E-state index >= 15 is 0 Å². The van der Waals surface area contributed by atoms with Gasteiger partial charge in [0, 0.05) is 13.5 Å². The van der Waals surface area contributed by atoms with Crippen LogP contribution < -0.4 is 5.32 Å². The Morgan fingerprint density at radius 3 is 2.40 bits per heavy atom. The van der Waals surface area contributed by atoms with Gasteiger partial charge in [0.1, 0.15) is 0 Å². The van der Waals surface area contributed by atoms with E-state index in [1.165, 1.54) is 0 Å². The number of benzene rings is 1. The van der Waals surface area contributed by atoms with Gasteiger partial charge in [-0.15, -0.1) is 0 Å². The lowest BCUT2D eigenvalue weighted by molar-refractivity contribution is -0.136. The Bertz CT molecular complexity index is 362. The van der Waals surface area contributed by atoms with E-state index in [2.05, 4.69) is 5.32 Å². The van der Waals surface area contributed by atoms with Crippen LogP contribution >= 0.6 is 0 Å². The molecule has 0 aliphatic heterocycles. The zero-order chi connectivity index (χ0) is 11.3. The van der Waals surface area contributed by atoms with Gasteiger partial charge in [-0.2, -0.15) is 0 Å². The standard InChI is InChI=1S/C11H13NO3.H2/c1-2-10(13)12-9-5-3-8(4-6-9)7-11(14)15;/h3-6H,2,7H2,1H3,(H,12,13)(H,14,15);1H. The fraction of sp³-hybridized carbons (Fsp3) is 0.273. The number of hydrogen-bond acceptors (Lipinski definition) is 2. The van der Waals surface area contributed by atoms with E-state index in [9.17, 15) is 9.59 Å². The second kappa shape index (κ2) is 5.14. The first-order valence-corrected chi connectivity index (χ1v) is 4.72. The van der Waals surface area contributed by atoms with E-state index in [4.69, 9.17) is 5.11 Å². The summed E-state index contributed by atoms with van der Waals surface area (Å²) in [6.07, 6.45) is 0.429. The van der Waals surface area contributed by atoms with Gasteiger partial charge < -0.3 is 10.4 Å². The Balaban J connectivity index is 0.00000225. The van der Waals surface area contributed by atoms with Crippen LogP contribution in [0.3, 0.4) is 0 Å². The van der Waals surface area contributed by atoms with Crippen molar-refractivity contribution in [2.24, 2.45) is 0 Å². The molecule has 2 N–H and O–H groups in total. The first-order valence-electron chi connectivity index (χ1n) is 4.72. The third-order valence-electron chi connectivity index (χ3n) is 1.91. The molecule has 0 saturated heterocycles. The summed E-state index contributed by atoms with van der Waals surface area (Å²) in [6.45, 7) is 1.77. The van der Waals surface area contributed by atoms with Gasteiger partial charge in [-0.25, -0.2) is 0 Å². The number of carbonyl (C=O) groups excluding carboxylic acids is 1. The smallest absolute Gasteiger partial charge is 0.307 e. The zero-order valence-corrected chi connectivity index (χ0v) is 8.49. The van der Waals surface area contributed by atoms with E-state index in [1.54, 1.807) is 31.2 Å². The number of hydrogen-bond donors (Lipinski definition) is 2. The Morgan fingerprint density at radius 2 is 1.93 bits per heavy atom. The summed E-state index contributed by atoms with van der Waals surface area (Å²) in [7, 11) is 0. The molecule has 0 atom stereocenters. The van der Waals surface area contributed by atoms with Crippen LogP contribution in [0.1, 0.15) is 20.3 Å². The average molecular weight is 209 g/mol. The predicted octanol–water partition coefficient (Wildman–Crippen LogP) is 1.91. The summed E-state index contributed by atoms with van der Waals surface area (Å²) >= 11 is 0. The van der Waals surface area contributed by atoms with Crippen LogP contribution in [0.2, 0.25) is 0 Å². The second-order valence-corrected chi connectivity index (χ2v) is 3.17. The third kappa shape index (κ3) is 3.81. The first-order chi connectivity index (χ1) is 7.11. The van der Waals surface area contributed by atoms with Crippen molar-refractivity contribution in [3.05, 3.63) is 29.8 Å². The van der Waals surface area contributed by atoms with Crippen LogP contribution in [0.5, 0.6) is 0 Å². The lowest BCUT2D eigenvalue weighted by atomic mass is 10.1. The van der Waals surface area contributed by atoms with Gasteiger partial charge in [0.2, 0.25) is 5.91 Å². The van der Waals surface area contributed by atoms with Gasteiger partial charge in [-0.1, -0.05) is 19.1 Å². The molecule has 0 bridgehead atoms. The number of anilines is 1. The maximum absolute atomic E-state index is 11.0. The summed E-state index contributed by atoms with van der Waals surface area (Å²) in [4.78, 5) is 21.4. The largest absolute Gasteiger partial charge is 0.481 e. The van der Waals surface area contributed by atoms with Gasteiger partial charge in [0.05, 0.1) is 6.42 Å². The highest BCUT2D eigenvalue weighted by Crippen LogP contribution is 2.10. The molecular formula is C11H15NO3. The predicted molar refractivity (Wildman–Crippen MR) is 58.8 cm³/mol. The third-order valence-corrected chi connectivity index (χ3v) is 1.91. The number of carboxylic acids is 1. The molecule has 1 aromatic rings. The summed E-state index contributed by atoms with van der Waals surface area (Å²) in [6, 6.07) is 6.79. The Labute approximate surface area is 89.4 Å². The lowest BCUT2D eigenvalue weighted by Crippen LogP contribution is -2.09. The Morgan fingerprint density at radius 1 is 1.33 bits per heavy atom. The van der Waals surface area contributed by atoms with Crippen molar-refractivity contribution in [2.45, 2.75) is 19.8 Å². The summed E-state index contributed by atoms with van der Waals surface area (Å²) in [5.41, 5.74) is 1.41. The van der Waals surface area contributed by atoms with E-state index in [1.807, 2.05) is 0 Å². The van der Waals surface area contributed by atoms with Crippen molar-refractivity contribution < 1.29 is 16.1 Å². The molecule has 1 rings (SSSR count). The minimum absolute atomic E-state index is 0.